The minimum atomic E-state index is -3.57. The number of nitrogens with two attached hydrogens (primary N) is 1. The van der Waals surface area contributed by atoms with Crippen molar-refractivity contribution >= 4 is 15.7 Å². The average molecular weight is 298 g/mol. The van der Waals surface area contributed by atoms with Gasteiger partial charge in [-0.3, -0.25) is 0 Å². The molecule has 5 nitrogen and oxygen atoms in total. The van der Waals surface area contributed by atoms with Crippen LogP contribution in [0.3, 0.4) is 0 Å². The fourth-order valence-electron chi connectivity index (χ4n) is 2.76. The van der Waals surface area contributed by atoms with E-state index in [1.807, 2.05) is 6.92 Å². The van der Waals surface area contributed by atoms with Crippen molar-refractivity contribution in [2.45, 2.75) is 37.6 Å². The number of benzene rings is 1. The van der Waals surface area contributed by atoms with Gasteiger partial charge in [0, 0.05) is 18.3 Å². The van der Waals surface area contributed by atoms with E-state index in [-0.39, 0.29) is 10.9 Å². The fourth-order valence-corrected chi connectivity index (χ4v) is 4.61. The highest BCUT2D eigenvalue weighted by Gasteiger charge is 2.34. The highest BCUT2D eigenvalue weighted by atomic mass is 32.2. The first-order valence-electron chi connectivity index (χ1n) is 6.81. The van der Waals surface area contributed by atoms with Crippen LogP contribution in [0.25, 0.3) is 0 Å². The van der Waals surface area contributed by atoms with Crippen LogP contribution < -0.4 is 10.5 Å². The van der Waals surface area contributed by atoms with Gasteiger partial charge in [-0.25, -0.2) is 8.42 Å². The van der Waals surface area contributed by atoms with Crippen LogP contribution in [-0.4, -0.2) is 32.4 Å². The van der Waals surface area contributed by atoms with E-state index in [0.29, 0.717) is 23.9 Å². The van der Waals surface area contributed by atoms with Crippen molar-refractivity contribution in [2.24, 2.45) is 5.92 Å². The molecule has 2 N–H and O–H groups in total. The molecule has 2 unspecified atom stereocenters. The molecular weight excluding hydrogens is 276 g/mol. The minimum Gasteiger partial charge on any atom is -0.495 e. The zero-order valence-corrected chi connectivity index (χ0v) is 13.0. The Morgan fingerprint density at radius 2 is 2.05 bits per heavy atom. The van der Waals surface area contributed by atoms with Gasteiger partial charge in [0.2, 0.25) is 10.0 Å². The molecule has 2 atom stereocenters. The van der Waals surface area contributed by atoms with Gasteiger partial charge >= 0.3 is 0 Å². The molecule has 20 heavy (non-hydrogen) atoms. The summed E-state index contributed by atoms with van der Waals surface area (Å²) in [5.74, 6) is 0.893. The first-order valence-corrected chi connectivity index (χ1v) is 8.25. The summed E-state index contributed by atoms with van der Waals surface area (Å²) in [6.45, 7) is 4.65. The summed E-state index contributed by atoms with van der Waals surface area (Å²) in [4.78, 5) is 0.154. The number of nitrogens with zero attached hydrogens (tertiary/aromatic N) is 1. The number of anilines is 1. The Hall–Kier alpha value is -1.27. The molecule has 1 heterocycles. The third-order valence-electron chi connectivity index (χ3n) is 3.85. The number of nitrogen functional groups attached to an aromatic ring is 1. The Morgan fingerprint density at radius 1 is 1.35 bits per heavy atom. The standard InChI is InChI=1S/C14H22N2O3S/c1-10-6-7-16(11(2)8-10)20(17,18)14-9-12(15)4-5-13(14)19-3/h4-5,9-11H,6-8,15H2,1-3H3. The molecular formula is C14H22N2O3S. The van der Waals surface area contributed by atoms with Crippen LogP contribution >= 0.6 is 0 Å². The maximum atomic E-state index is 12.8. The van der Waals surface area contributed by atoms with Crippen molar-refractivity contribution in [1.82, 2.24) is 4.31 Å². The lowest BCUT2D eigenvalue weighted by atomic mass is 9.95. The molecule has 2 rings (SSSR count). The second-order valence-electron chi connectivity index (χ2n) is 5.50. The summed E-state index contributed by atoms with van der Waals surface area (Å²) >= 11 is 0. The second kappa shape index (κ2) is 5.61. The first-order chi connectivity index (χ1) is 9.36. The molecule has 0 spiro atoms. The van der Waals surface area contributed by atoms with Gasteiger partial charge in [-0.1, -0.05) is 6.92 Å². The molecule has 0 amide bonds. The van der Waals surface area contributed by atoms with Gasteiger partial charge < -0.3 is 10.5 Å². The smallest absolute Gasteiger partial charge is 0.247 e. The van der Waals surface area contributed by atoms with E-state index in [2.05, 4.69) is 6.92 Å². The Labute approximate surface area is 120 Å². The van der Waals surface area contributed by atoms with Gasteiger partial charge in [-0.2, -0.15) is 4.31 Å². The Balaban J connectivity index is 2.42. The third kappa shape index (κ3) is 2.76. The Bertz CT molecular complexity index is 586. The molecule has 1 saturated heterocycles. The zero-order valence-electron chi connectivity index (χ0n) is 12.2. The van der Waals surface area contributed by atoms with Gasteiger partial charge in [0.15, 0.2) is 0 Å². The van der Waals surface area contributed by atoms with Crippen LogP contribution in [0.4, 0.5) is 5.69 Å². The monoisotopic (exact) mass is 298 g/mol. The maximum Gasteiger partial charge on any atom is 0.247 e. The summed E-state index contributed by atoms with van der Waals surface area (Å²) in [6, 6.07) is 4.70. The molecule has 1 aliphatic heterocycles. The van der Waals surface area contributed by atoms with E-state index in [9.17, 15) is 8.42 Å². The maximum absolute atomic E-state index is 12.8. The molecule has 0 aliphatic carbocycles. The quantitative estimate of drug-likeness (QED) is 0.867. The van der Waals surface area contributed by atoms with Gasteiger partial charge in [0.1, 0.15) is 10.6 Å². The Kier molecular flexibility index (Phi) is 4.25. The lowest BCUT2D eigenvalue weighted by Gasteiger charge is -2.35. The predicted molar refractivity (Wildman–Crippen MR) is 79.2 cm³/mol. The van der Waals surface area contributed by atoms with Crippen molar-refractivity contribution in [3.05, 3.63) is 18.2 Å². The van der Waals surface area contributed by atoms with Crippen LogP contribution in [0.2, 0.25) is 0 Å². The first kappa shape index (κ1) is 15.1. The number of rotatable bonds is 3. The highest BCUT2D eigenvalue weighted by molar-refractivity contribution is 7.89. The summed E-state index contributed by atoms with van der Waals surface area (Å²) < 4.78 is 32.4. The van der Waals surface area contributed by atoms with Crippen LogP contribution in [0, 0.1) is 5.92 Å². The van der Waals surface area contributed by atoms with Gasteiger partial charge in [-0.05, 0) is 43.9 Å². The molecule has 1 aromatic carbocycles. The number of ether oxygens (including phenoxy) is 1. The molecule has 1 fully saturated rings. The molecule has 1 aromatic rings. The molecule has 0 bridgehead atoms. The average Bonchev–Trinajstić information content (AvgIpc) is 2.38. The van der Waals surface area contributed by atoms with E-state index in [4.69, 9.17) is 10.5 Å². The fraction of sp³-hybridized carbons (Fsp3) is 0.571. The van der Waals surface area contributed by atoms with Crippen LogP contribution in [-0.2, 0) is 10.0 Å². The van der Waals surface area contributed by atoms with Crippen molar-refractivity contribution in [3.8, 4) is 5.75 Å². The molecule has 0 saturated carbocycles. The van der Waals surface area contributed by atoms with Crippen molar-refractivity contribution in [3.63, 3.8) is 0 Å². The number of methoxy groups -OCH3 is 1. The van der Waals surface area contributed by atoms with Gasteiger partial charge in [0.05, 0.1) is 7.11 Å². The van der Waals surface area contributed by atoms with Crippen molar-refractivity contribution in [2.75, 3.05) is 19.4 Å². The van der Waals surface area contributed by atoms with Crippen molar-refractivity contribution in [1.29, 1.82) is 0 Å². The SMILES string of the molecule is COc1ccc(N)cc1S(=O)(=O)N1CCC(C)CC1C. The third-order valence-corrected chi connectivity index (χ3v) is 5.89. The Morgan fingerprint density at radius 3 is 2.65 bits per heavy atom. The predicted octanol–water partition coefficient (Wildman–Crippen LogP) is 2.09. The lowest BCUT2D eigenvalue weighted by Crippen LogP contribution is -2.44. The number of sulfonamides is 1. The molecule has 6 heteroatoms. The van der Waals surface area contributed by atoms with E-state index in [1.54, 1.807) is 16.4 Å². The van der Waals surface area contributed by atoms with Crippen LogP contribution in [0.15, 0.2) is 23.1 Å². The minimum absolute atomic E-state index is 0.00473. The molecule has 0 radical (unpaired) electrons. The van der Waals surface area contributed by atoms with E-state index >= 15 is 0 Å². The second-order valence-corrected chi connectivity index (χ2v) is 7.36. The summed E-state index contributed by atoms with van der Waals surface area (Å²) in [6.07, 6.45) is 1.76. The van der Waals surface area contributed by atoms with Crippen LogP contribution in [0.1, 0.15) is 26.7 Å². The largest absolute Gasteiger partial charge is 0.495 e. The van der Waals surface area contributed by atoms with Crippen LogP contribution in [0.5, 0.6) is 5.75 Å². The van der Waals surface area contributed by atoms with Gasteiger partial charge in [-0.15, -0.1) is 0 Å². The number of piperidine rings is 1. The lowest BCUT2D eigenvalue weighted by molar-refractivity contribution is 0.219. The van der Waals surface area contributed by atoms with E-state index in [1.165, 1.54) is 13.2 Å². The van der Waals surface area contributed by atoms with E-state index in [0.717, 1.165) is 12.8 Å². The normalized spacial score (nSPS) is 24.6. The highest BCUT2D eigenvalue weighted by Crippen LogP contribution is 2.33. The van der Waals surface area contributed by atoms with Crippen molar-refractivity contribution < 1.29 is 13.2 Å². The topological polar surface area (TPSA) is 72.6 Å². The number of hydrogen-bond donors (Lipinski definition) is 1. The number of hydrogen-bond acceptors (Lipinski definition) is 4. The molecule has 112 valence electrons. The molecule has 1 aliphatic rings. The zero-order chi connectivity index (χ0) is 14.9. The summed E-state index contributed by atoms with van der Waals surface area (Å²) in [5.41, 5.74) is 6.15. The summed E-state index contributed by atoms with van der Waals surface area (Å²) in [5, 5.41) is 0. The van der Waals surface area contributed by atoms with Gasteiger partial charge in [0.25, 0.3) is 0 Å². The molecule has 0 aromatic heterocycles. The van der Waals surface area contributed by atoms with E-state index < -0.39 is 10.0 Å². The summed E-state index contributed by atoms with van der Waals surface area (Å²) in [7, 11) is -2.11.